The van der Waals surface area contributed by atoms with Crippen LogP contribution in [-0.2, 0) is 0 Å². The maximum atomic E-state index is 6.25. The predicted molar refractivity (Wildman–Crippen MR) is 81.8 cm³/mol. The Hall–Kier alpha value is -1.33. The minimum Gasteiger partial charge on any atom is -0.465 e. The highest BCUT2D eigenvalue weighted by Gasteiger charge is 2.24. The number of rotatable bonds is 5. The fourth-order valence-corrected chi connectivity index (χ4v) is 3.27. The van der Waals surface area contributed by atoms with E-state index >= 15 is 0 Å². The molecule has 5 heteroatoms. The normalized spacial score (nSPS) is 14.2. The second-order valence-electron chi connectivity index (χ2n) is 4.99. The summed E-state index contributed by atoms with van der Waals surface area (Å²) in [5, 5.41) is 0.792. The number of hydrogen-bond acceptors (Lipinski definition) is 5. The molecule has 0 bridgehead atoms. The van der Waals surface area contributed by atoms with Crippen LogP contribution in [0, 0.1) is 20.8 Å². The van der Waals surface area contributed by atoms with Gasteiger partial charge in [-0.1, -0.05) is 18.7 Å². The van der Waals surface area contributed by atoms with Crippen molar-refractivity contribution in [1.29, 1.82) is 0 Å². The van der Waals surface area contributed by atoms with Gasteiger partial charge in [-0.15, -0.1) is 0 Å². The second kappa shape index (κ2) is 6.41. The first-order chi connectivity index (χ1) is 9.49. The van der Waals surface area contributed by atoms with Gasteiger partial charge >= 0.3 is 0 Å². The number of aryl methyl sites for hydroxylation is 3. The minimum absolute atomic E-state index is 0.00923. The van der Waals surface area contributed by atoms with Crippen LogP contribution in [0.15, 0.2) is 27.8 Å². The van der Waals surface area contributed by atoms with E-state index in [0.717, 1.165) is 34.5 Å². The molecule has 0 saturated carbocycles. The lowest BCUT2D eigenvalue weighted by atomic mass is 10.1. The largest absolute Gasteiger partial charge is 0.465 e. The zero-order valence-electron chi connectivity index (χ0n) is 12.4. The van der Waals surface area contributed by atoms with Crippen molar-refractivity contribution in [3.63, 3.8) is 0 Å². The molecular weight excluding hydrogens is 270 g/mol. The van der Waals surface area contributed by atoms with Gasteiger partial charge in [-0.3, -0.25) is 0 Å². The highest BCUT2D eigenvalue weighted by atomic mass is 32.2. The zero-order chi connectivity index (χ0) is 14.7. The van der Waals surface area contributed by atoms with E-state index in [9.17, 15) is 0 Å². The van der Waals surface area contributed by atoms with Crippen molar-refractivity contribution in [3.05, 3.63) is 41.1 Å². The molecule has 108 valence electrons. The lowest BCUT2D eigenvalue weighted by Gasteiger charge is -2.19. The van der Waals surface area contributed by atoms with Crippen LogP contribution in [-0.4, -0.2) is 16.0 Å². The second-order valence-corrected chi connectivity index (χ2v) is 6.10. The van der Waals surface area contributed by atoms with E-state index in [2.05, 4.69) is 16.9 Å². The first kappa shape index (κ1) is 15.1. The number of hydrogen-bond donors (Lipinski definition) is 1. The third-order valence-electron chi connectivity index (χ3n) is 3.10. The quantitative estimate of drug-likeness (QED) is 0.674. The number of nitrogens with zero attached hydrogens (tertiary/aromatic N) is 2. The molecule has 0 aliphatic rings. The van der Waals surface area contributed by atoms with Gasteiger partial charge in [0.15, 0.2) is 5.16 Å². The van der Waals surface area contributed by atoms with Crippen molar-refractivity contribution >= 4 is 11.8 Å². The van der Waals surface area contributed by atoms with Gasteiger partial charge in [0.1, 0.15) is 11.5 Å². The molecule has 2 atom stereocenters. The summed E-state index contributed by atoms with van der Waals surface area (Å²) in [4.78, 5) is 8.95. The van der Waals surface area contributed by atoms with Gasteiger partial charge < -0.3 is 10.2 Å². The minimum atomic E-state index is 0.00923. The first-order valence-electron chi connectivity index (χ1n) is 6.80. The Morgan fingerprint density at radius 3 is 2.35 bits per heavy atom. The maximum absolute atomic E-state index is 6.25. The summed E-state index contributed by atoms with van der Waals surface area (Å²) >= 11 is 1.58. The van der Waals surface area contributed by atoms with Crippen LogP contribution < -0.4 is 5.73 Å². The highest BCUT2D eigenvalue weighted by Crippen LogP contribution is 2.37. The highest BCUT2D eigenvalue weighted by molar-refractivity contribution is 7.99. The molecular formula is C15H21N3OS. The van der Waals surface area contributed by atoms with Gasteiger partial charge in [0.05, 0.1) is 5.25 Å². The average molecular weight is 291 g/mol. The zero-order valence-corrected chi connectivity index (χ0v) is 13.2. The smallest absolute Gasteiger partial charge is 0.188 e. The fraction of sp³-hybridized carbons (Fsp3) is 0.467. The molecule has 2 rings (SSSR count). The third kappa shape index (κ3) is 3.61. The van der Waals surface area contributed by atoms with E-state index in [1.807, 2.05) is 39.0 Å². The van der Waals surface area contributed by atoms with Crippen LogP contribution in [0.1, 0.15) is 41.5 Å². The fourth-order valence-electron chi connectivity index (χ4n) is 2.04. The van der Waals surface area contributed by atoms with Gasteiger partial charge in [-0.25, -0.2) is 9.97 Å². The van der Waals surface area contributed by atoms with Gasteiger partial charge in [0.2, 0.25) is 0 Å². The molecule has 0 radical (unpaired) electrons. The number of nitrogens with two attached hydrogens (primary N) is 1. The maximum Gasteiger partial charge on any atom is 0.188 e. The van der Waals surface area contributed by atoms with E-state index in [1.165, 1.54) is 0 Å². The topological polar surface area (TPSA) is 64.9 Å². The van der Waals surface area contributed by atoms with Gasteiger partial charge in [-0.2, -0.15) is 0 Å². The molecule has 0 aliphatic heterocycles. The van der Waals surface area contributed by atoms with E-state index in [1.54, 1.807) is 11.8 Å². The summed E-state index contributed by atoms with van der Waals surface area (Å²) in [6.45, 7) is 7.97. The van der Waals surface area contributed by atoms with Crippen molar-refractivity contribution in [3.8, 4) is 0 Å². The Kier molecular flexibility index (Phi) is 4.83. The molecule has 4 nitrogen and oxygen atoms in total. The monoisotopic (exact) mass is 291 g/mol. The summed E-state index contributed by atoms with van der Waals surface area (Å²) < 4.78 is 5.74. The van der Waals surface area contributed by atoms with Crippen molar-refractivity contribution in [1.82, 2.24) is 9.97 Å². The van der Waals surface area contributed by atoms with Gasteiger partial charge in [-0.05, 0) is 45.4 Å². The molecule has 2 aromatic heterocycles. The van der Waals surface area contributed by atoms with Crippen molar-refractivity contribution in [2.45, 2.75) is 50.6 Å². The molecule has 0 aliphatic carbocycles. The Balaban J connectivity index is 2.28. The number of furan rings is 1. The van der Waals surface area contributed by atoms with Crippen LogP contribution in [0.5, 0.6) is 0 Å². The van der Waals surface area contributed by atoms with Crippen LogP contribution >= 0.6 is 11.8 Å². The molecule has 2 heterocycles. The number of aromatic nitrogens is 2. The van der Waals surface area contributed by atoms with E-state index < -0.39 is 0 Å². The molecule has 2 aromatic rings. The van der Waals surface area contributed by atoms with Crippen LogP contribution in [0.3, 0.4) is 0 Å². The molecule has 0 saturated heterocycles. The van der Waals surface area contributed by atoms with E-state index in [0.29, 0.717) is 0 Å². The molecule has 0 aromatic carbocycles. The Bertz CT molecular complexity index is 562. The van der Waals surface area contributed by atoms with Crippen molar-refractivity contribution in [2.24, 2.45) is 5.73 Å². The predicted octanol–water partition coefficient (Wildman–Crippen LogP) is 3.57. The van der Waals surface area contributed by atoms with Crippen LogP contribution in [0.4, 0.5) is 0 Å². The van der Waals surface area contributed by atoms with Crippen molar-refractivity contribution < 1.29 is 4.42 Å². The number of thioether (sulfide) groups is 1. The van der Waals surface area contributed by atoms with Gasteiger partial charge in [0.25, 0.3) is 0 Å². The molecule has 2 N–H and O–H groups in total. The van der Waals surface area contributed by atoms with Crippen LogP contribution in [0.25, 0.3) is 0 Å². The summed E-state index contributed by atoms with van der Waals surface area (Å²) in [5.74, 6) is 1.79. The summed E-state index contributed by atoms with van der Waals surface area (Å²) in [6, 6.07) is 5.93. The third-order valence-corrected chi connectivity index (χ3v) is 4.33. The molecule has 0 spiro atoms. The Morgan fingerprint density at radius 1 is 1.20 bits per heavy atom. The molecule has 2 unspecified atom stereocenters. The van der Waals surface area contributed by atoms with E-state index in [4.69, 9.17) is 10.2 Å². The average Bonchev–Trinajstić information content (AvgIpc) is 2.80. The Labute approximate surface area is 124 Å². The summed E-state index contributed by atoms with van der Waals surface area (Å²) in [6.07, 6.45) is 0.877. The van der Waals surface area contributed by atoms with Gasteiger partial charge in [0, 0.05) is 17.4 Å². The van der Waals surface area contributed by atoms with Crippen molar-refractivity contribution in [2.75, 3.05) is 0 Å². The SMILES string of the molecule is CCC(N)C(Sc1nc(C)cc(C)n1)c1ccc(C)o1. The molecule has 0 fully saturated rings. The van der Waals surface area contributed by atoms with E-state index in [-0.39, 0.29) is 11.3 Å². The lowest BCUT2D eigenvalue weighted by Crippen LogP contribution is -2.25. The molecule has 0 amide bonds. The summed E-state index contributed by atoms with van der Waals surface area (Å²) in [5.41, 5.74) is 8.19. The lowest BCUT2D eigenvalue weighted by molar-refractivity contribution is 0.454. The van der Waals surface area contributed by atoms with Crippen LogP contribution in [0.2, 0.25) is 0 Å². The Morgan fingerprint density at radius 2 is 1.85 bits per heavy atom. The standard InChI is InChI=1S/C15H21N3OS/c1-5-12(16)14(13-7-6-11(4)19-13)20-15-17-9(2)8-10(3)18-15/h6-8,12,14H,5,16H2,1-4H3. The summed E-state index contributed by atoms with van der Waals surface area (Å²) in [7, 11) is 0. The first-order valence-corrected chi connectivity index (χ1v) is 7.68. The molecule has 20 heavy (non-hydrogen) atoms.